The van der Waals surface area contributed by atoms with Gasteiger partial charge in [-0.2, -0.15) is 5.10 Å². The van der Waals surface area contributed by atoms with Crippen LogP contribution in [0.2, 0.25) is 0 Å². The number of aromatic nitrogens is 3. The number of aliphatic carboxylic acids is 1. The van der Waals surface area contributed by atoms with Crippen LogP contribution in [0.25, 0.3) is 11.0 Å². The summed E-state index contributed by atoms with van der Waals surface area (Å²) in [4.78, 5) is 27.8. The summed E-state index contributed by atoms with van der Waals surface area (Å²) >= 11 is 0. The van der Waals surface area contributed by atoms with E-state index in [1.54, 1.807) is 16.9 Å². The lowest BCUT2D eigenvalue weighted by Gasteiger charge is -2.16. The minimum atomic E-state index is -1.03. The van der Waals surface area contributed by atoms with Gasteiger partial charge in [0.1, 0.15) is 6.04 Å². The summed E-state index contributed by atoms with van der Waals surface area (Å²) in [6.07, 6.45) is 3.48. The van der Waals surface area contributed by atoms with Crippen LogP contribution in [0.1, 0.15) is 50.5 Å². The molecule has 1 amide bonds. The highest BCUT2D eigenvalue weighted by atomic mass is 16.4. The molecule has 2 rings (SSSR count). The van der Waals surface area contributed by atoms with Crippen molar-refractivity contribution in [3.8, 4) is 0 Å². The van der Waals surface area contributed by atoms with E-state index in [1.807, 2.05) is 27.7 Å². The third kappa shape index (κ3) is 3.85. The monoisotopic (exact) mass is 318 g/mol. The van der Waals surface area contributed by atoms with Crippen LogP contribution in [0.4, 0.5) is 0 Å². The number of hydrogen-bond donors (Lipinski definition) is 2. The number of carbonyl (C=O) groups is 2. The number of amides is 1. The molecule has 0 radical (unpaired) electrons. The maximum atomic E-state index is 12.3. The van der Waals surface area contributed by atoms with Gasteiger partial charge in [-0.1, -0.05) is 13.8 Å². The summed E-state index contributed by atoms with van der Waals surface area (Å²) in [6, 6.07) is 0.941. The minimum Gasteiger partial charge on any atom is -0.480 e. The maximum Gasteiger partial charge on any atom is 0.326 e. The fourth-order valence-corrected chi connectivity index (χ4v) is 2.38. The first-order chi connectivity index (χ1) is 10.8. The van der Waals surface area contributed by atoms with E-state index in [9.17, 15) is 14.7 Å². The Morgan fingerprint density at radius 3 is 2.52 bits per heavy atom. The Morgan fingerprint density at radius 2 is 1.96 bits per heavy atom. The number of fused-ring (bicyclic) bond motifs is 1. The number of carboxylic acids is 1. The molecule has 0 spiro atoms. The van der Waals surface area contributed by atoms with Crippen LogP contribution in [0.15, 0.2) is 18.5 Å². The maximum absolute atomic E-state index is 12.3. The lowest BCUT2D eigenvalue weighted by atomic mass is 10.0. The molecule has 2 N–H and O–H groups in total. The largest absolute Gasteiger partial charge is 0.480 e. The number of nitrogens with one attached hydrogen (secondary N) is 1. The second kappa shape index (κ2) is 6.76. The van der Waals surface area contributed by atoms with Crippen molar-refractivity contribution < 1.29 is 14.7 Å². The van der Waals surface area contributed by atoms with E-state index in [0.29, 0.717) is 17.6 Å². The lowest BCUT2D eigenvalue weighted by molar-refractivity contribution is -0.139. The first kappa shape index (κ1) is 16.9. The summed E-state index contributed by atoms with van der Waals surface area (Å²) in [5.74, 6) is -1.31. The van der Waals surface area contributed by atoms with Crippen molar-refractivity contribution >= 4 is 22.9 Å². The molecule has 0 unspecified atom stereocenters. The van der Waals surface area contributed by atoms with Crippen LogP contribution in [-0.2, 0) is 4.79 Å². The van der Waals surface area contributed by atoms with Crippen molar-refractivity contribution in [2.24, 2.45) is 5.92 Å². The van der Waals surface area contributed by atoms with Crippen LogP contribution in [0, 0.1) is 5.92 Å². The third-order valence-electron chi connectivity index (χ3n) is 3.50. The van der Waals surface area contributed by atoms with Gasteiger partial charge in [-0.3, -0.25) is 4.79 Å². The van der Waals surface area contributed by atoms with E-state index < -0.39 is 17.9 Å². The Bertz CT molecular complexity index is 721. The molecule has 124 valence electrons. The Hall–Kier alpha value is -2.44. The van der Waals surface area contributed by atoms with Gasteiger partial charge in [0.05, 0.1) is 11.8 Å². The smallest absolute Gasteiger partial charge is 0.326 e. The Balaban J connectivity index is 2.22. The van der Waals surface area contributed by atoms with Gasteiger partial charge >= 0.3 is 5.97 Å². The number of rotatable bonds is 6. The van der Waals surface area contributed by atoms with Gasteiger partial charge in [0, 0.05) is 17.6 Å². The highest BCUT2D eigenvalue weighted by Gasteiger charge is 2.22. The minimum absolute atomic E-state index is 0.168. The van der Waals surface area contributed by atoms with E-state index >= 15 is 0 Å². The molecule has 2 aromatic heterocycles. The van der Waals surface area contributed by atoms with Gasteiger partial charge in [-0.25, -0.2) is 14.5 Å². The van der Waals surface area contributed by atoms with Crippen molar-refractivity contribution in [2.75, 3.05) is 0 Å². The molecule has 0 aromatic carbocycles. The highest BCUT2D eigenvalue weighted by Crippen LogP contribution is 2.17. The summed E-state index contributed by atoms with van der Waals surface area (Å²) in [5.41, 5.74) is 1.03. The number of hydrogen-bond acceptors (Lipinski definition) is 4. The van der Waals surface area contributed by atoms with Gasteiger partial charge in [-0.15, -0.1) is 0 Å². The van der Waals surface area contributed by atoms with Crippen LogP contribution in [0.3, 0.4) is 0 Å². The van der Waals surface area contributed by atoms with Gasteiger partial charge in [0.25, 0.3) is 5.91 Å². The van der Waals surface area contributed by atoms with Crippen molar-refractivity contribution in [1.29, 1.82) is 0 Å². The van der Waals surface area contributed by atoms with Crippen molar-refractivity contribution in [1.82, 2.24) is 20.1 Å². The number of carboxylic acid groups (broad SMARTS) is 1. The average molecular weight is 318 g/mol. The van der Waals surface area contributed by atoms with Gasteiger partial charge < -0.3 is 10.4 Å². The summed E-state index contributed by atoms with van der Waals surface area (Å²) in [6.45, 7) is 7.82. The van der Waals surface area contributed by atoms with Crippen LogP contribution < -0.4 is 5.32 Å². The number of carbonyl (C=O) groups excluding carboxylic acids is 1. The topological polar surface area (TPSA) is 97.1 Å². The molecule has 0 aliphatic heterocycles. The summed E-state index contributed by atoms with van der Waals surface area (Å²) in [7, 11) is 0. The Labute approximate surface area is 134 Å². The molecule has 2 aromatic rings. The van der Waals surface area contributed by atoms with E-state index in [2.05, 4.69) is 15.4 Å². The SMILES string of the molecule is CC(C)C[C@@H](NC(=O)c1cnc2c(cnn2C(C)C)c1)C(=O)O. The first-order valence-electron chi connectivity index (χ1n) is 7.66. The third-order valence-corrected chi connectivity index (χ3v) is 3.50. The van der Waals surface area contributed by atoms with Crippen molar-refractivity contribution in [3.63, 3.8) is 0 Å². The fraction of sp³-hybridized carbons (Fsp3) is 0.500. The zero-order valence-corrected chi connectivity index (χ0v) is 13.8. The lowest BCUT2D eigenvalue weighted by Crippen LogP contribution is -2.41. The second-order valence-corrected chi connectivity index (χ2v) is 6.31. The predicted molar refractivity (Wildman–Crippen MR) is 86.3 cm³/mol. The van der Waals surface area contributed by atoms with E-state index in [0.717, 1.165) is 5.39 Å². The molecule has 0 saturated heterocycles. The normalized spacial score (nSPS) is 12.8. The highest BCUT2D eigenvalue weighted by molar-refractivity contribution is 5.98. The molecule has 0 bridgehead atoms. The van der Waals surface area contributed by atoms with E-state index in [4.69, 9.17) is 0 Å². The second-order valence-electron chi connectivity index (χ2n) is 6.31. The van der Waals surface area contributed by atoms with Crippen molar-refractivity contribution in [2.45, 2.75) is 46.2 Å². The van der Waals surface area contributed by atoms with Crippen LogP contribution in [0.5, 0.6) is 0 Å². The van der Waals surface area contributed by atoms with E-state index in [1.165, 1.54) is 6.20 Å². The molecule has 0 aliphatic carbocycles. The standard InChI is InChI=1S/C16H22N4O3/c1-9(2)5-13(16(22)23)19-15(21)12-6-11-8-18-20(10(3)4)14(11)17-7-12/h6-10,13H,5H2,1-4H3,(H,19,21)(H,22,23)/t13-/m1/s1. The van der Waals surface area contributed by atoms with Crippen molar-refractivity contribution in [3.05, 3.63) is 24.0 Å². The summed E-state index contributed by atoms with van der Waals surface area (Å²) < 4.78 is 1.77. The van der Waals surface area contributed by atoms with Gasteiger partial charge in [0.2, 0.25) is 0 Å². The summed E-state index contributed by atoms with van der Waals surface area (Å²) in [5, 5.41) is 16.8. The number of nitrogens with zero attached hydrogens (tertiary/aromatic N) is 3. The van der Waals surface area contributed by atoms with Crippen LogP contribution in [-0.4, -0.2) is 37.8 Å². The van der Waals surface area contributed by atoms with E-state index in [-0.39, 0.29) is 12.0 Å². The molecule has 1 atom stereocenters. The average Bonchev–Trinajstić information content (AvgIpc) is 2.88. The van der Waals surface area contributed by atoms with Gasteiger partial charge in [0.15, 0.2) is 5.65 Å². The molecule has 7 heteroatoms. The quantitative estimate of drug-likeness (QED) is 0.851. The molecular weight excluding hydrogens is 296 g/mol. The first-order valence-corrected chi connectivity index (χ1v) is 7.66. The predicted octanol–water partition coefficient (Wildman–Crippen LogP) is 2.24. The molecule has 0 fully saturated rings. The Kier molecular flexibility index (Phi) is 4.98. The fourth-order valence-electron chi connectivity index (χ4n) is 2.38. The zero-order chi connectivity index (χ0) is 17.1. The van der Waals surface area contributed by atoms with Gasteiger partial charge in [-0.05, 0) is 32.3 Å². The zero-order valence-electron chi connectivity index (χ0n) is 13.8. The molecule has 2 heterocycles. The Morgan fingerprint density at radius 1 is 1.26 bits per heavy atom. The number of pyridine rings is 1. The molecule has 0 aliphatic rings. The van der Waals surface area contributed by atoms with Crippen LogP contribution >= 0.6 is 0 Å². The molecule has 7 nitrogen and oxygen atoms in total. The molecular formula is C16H22N4O3. The molecule has 23 heavy (non-hydrogen) atoms. The molecule has 0 saturated carbocycles.